The molecule has 0 N–H and O–H groups in total. The molecule has 0 aliphatic heterocycles. The van der Waals surface area contributed by atoms with Gasteiger partial charge in [-0.1, -0.05) is 70.2 Å². The van der Waals surface area contributed by atoms with Crippen molar-refractivity contribution in [2.75, 3.05) is 0 Å². The molecule has 0 aliphatic carbocycles. The zero-order valence-corrected chi connectivity index (χ0v) is 12.7. The Hall–Kier alpha value is -1.89. The Morgan fingerprint density at radius 1 is 0.850 bits per heavy atom. The number of hydrogen-bond acceptors (Lipinski definition) is 1. The van der Waals surface area contributed by atoms with Gasteiger partial charge in [0.2, 0.25) is 0 Å². The van der Waals surface area contributed by atoms with E-state index in [1.165, 1.54) is 5.56 Å². The van der Waals surface area contributed by atoms with Crippen molar-refractivity contribution in [1.82, 2.24) is 0 Å². The first kappa shape index (κ1) is 14.5. The molecule has 0 atom stereocenters. The van der Waals surface area contributed by atoms with Gasteiger partial charge in [0.25, 0.3) is 0 Å². The van der Waals surface area contributed by atoms with Crippen molar-refractivity contribution in [2.24, 2.45) is 5.92 Å². The van der Waals surface area contributed by atoms with E-state index in [1.54, 1.807) is 0 Å². The molecule has 0 spiro atoms. The minimum Gasteiger partial charge on any atom is -0.294 e. The maximum absolute atomic E-state index is 12.1. The fraction of sp³-hybridized carbons (Fsp3) is 0.316. The molecule has 0 aliphatic rings. The largest absolute Gasteiger partial charge is 0.294 e. The first-order chi connectivity index (χ1) is 9.49. The normalized spacial score (nSPS) is 11.1. The average Bonchev–Trinajstić information content (AvgIpc) is 2.46. The lowest BCUT2D eigenvalue weighted by molar-refractivity contribution is 0.0939. The Kier molecular flexibility index (Phi) is 4.39. The molecule has 0 fully saturated rings. The summed E-state index contributed by atoms with van der Waals surface area (Å²) in [5.74, 6) is 0.775. The van der Waals surface area contributed by atoms with E-state index in [9.17, 15) is 4.79 Å². The van der Waals surface area contributed by atoms with Crippen molar-refractivity contribution in [3.05, 3.63) is 59.7 Å². The maximum Gasteiger partial charge on any atom is 0.165 e. The van der Waals surface area contributed by atoms with Gasteiger partial charge < -0.3 is 0 Å². The van der Waals surface area contributed by atoms with Gasteiger partial charge in [-0.15, -0.1) is 0 Å². The molecule has 0 saturated carbocycles. The van der Waals surface area contributed by atoms with Crippen LogP contribution in [0.15, 0.2) is 48.5 Å². The summed E-state index contributed by atoms with van der Waals surface area (Å²) in [6.07, 6.45) is 0. The van der Waals surface area contributed by atoms with E-state index in [2.05, 4.69) is 44.2 Å². The smallest absolute Gasteiger partial charge is 0.165 e. The average molecular weight is 266 g/mol. The molecule has 0 amide bonds. The standard InChI is InChI=1S/C19H22O/c1-13(2)15-8-10-16(11-9-15)17-6-5-7-18(12-17)19(20)14(3)4/h5-14H,1-4H3. The van der Waals surface area contributed by atoms with Gasteiger partial charge in [0.15, 0.2) is 5.78 Å². The van der Waals surface area contributed by atoms with Crippen LogP contribution in [-0.4, -0.2) is 5.78 Å². The summed E-state index contributed by atoms with van der Waals surface area (Å²) in [5.41, 5.74) is 4.40. The van der Waals surface area contributed by atoms with Crippen LogP contribution in [0.1, 0.15) is 49.5 Å². The summed E-state index contributed by atoms with van der Waals surface area (Å²) in [6, 6.07) is 16.5. The molecule has 20 heavy (non-hydrogen) atoms. The summed E-state index contributed by atoms with van der Waals surface area (Å²) in [6.45, 7) is 8.26. The Morgan fingerprint density at radius 2 is 1.50 bits per heavy atom. The lowest BCUT2D eigenvalue weighted by atomic mass is 9.95. The fourth-order valence-electron chi connectivity index (χ4n) is 2.25. The molecule has 1 nitrogen and oxygen atoms in total. The fourth-order valence-corrected chi connectivity index (χ4v) is 2.25. The molecule has 0 bridgehead atoms. The van der Waals surface area contributed by atoms with E-state index >= 15 is 0 Å². The van der Waals surface area contributed by atoms with E-state index in [0.717, 1.165) is 16.7 Å². The number of Topliss-reactive ketones (excluding diaryl/α,β-unsaturated/α-hetero) is 1. The number of benzene rings is 2. The minimum atomic E-state index is 0.0357. The van der Waals surface area contributed by atoms with Crippen molar-refractivity contribution in [1.29, 1.82) is 0 Å². The van der Waals surface area contributed by atoms with E-state index < -0.39 is 0 Å². The number of ketones is 1. The summed E-state index contributed by atoms with van der Waals surface area (Å²) in [4.78, 5) is 12.1. The van der Waals surface area contributed by atoms with Crippen LogP contribution >= 0.6 is 0 Å². The monoisotopic (exact) mass is 266 g/mol. The topological polar surface area (TPSA) is 17.1 Å². The zero-order valence-electron chi connectivity index (χ0n) is 12.7. The zero-order chi connectivity index (χ0) is 14.7. The maximum atomic E-state index is 12.1. The third kappa shape index (κ3) is 3.16. The van der Waals surface area contributed by atoms with Crippen LogP contribution in [0.2, 0.25) is 0 Å². The first-order valence-corrected chi connectivity index (χ1v) is 7.23. The third-order valence-electron chi connectivity index (χ3n) is 3.58. The van der Waals surface area contributed by atoms with Crippen molar-refractivity contribution < 1.29 is 4.79 Å². The Balaban J connectivity index is 2.33. The van der Waals surface area contributed by atoms with Crippen molar-refractivity contribution in [2.45, 2.75) is 33.6 Å². The van der Waals surface area contributed by atoms with Crippen molar-refractivity contribution in [3.8, 4) is 11.1 Å². The molecular weight excluding hydrogens is 244 g/mol. The van der Waals surface area contributed by atoms with E-state index in [1.807, 2.05) is 32.0 Å². The molecular formula is C19H22O. The van der Waals surface area contributed by atoms with Crippen LogP contribution in [0.5, 0.6) is 0 Å². The van der Waals surface area contributed by atoms with Gasteiger partial charge in [-0.3, -0.25) is 4.79 Å². The second-order valence-corrected chi connectivity index (χ2v) is 5.88. The molecule has 104 valence electrons. The molecule has 0 radical (unpaired) electrons. The Morgan fingerprint density at radius 3 is 2.05 bits per heavy atom. The van der Waals surface area contributed by atoms with Crippen LogP contribution in [-0.2, 0) is 0 Å². The van der Waals surface area contributed by atoms with Gasteiger partial charge in [-0.2, -0.15) is 0 Å². The first-order valence-electron chi connectivity index (χ1n) is 7.23. The lowest BCUT2D eigenvalue weighted by Gasteiger charge is -2.09. The minimum absolute atomic E-state index is 0.0357. The molecule has 0 aromatic heterocycles. The lowest BCUT2D eigenvalue weighted by Crippen LogP contribution is -2.07. The van der Waals surface area contributed by atoms with Crippen LogP contribution in [0, 0.1) is 5.92 Å². The van der Waals surface area contributed by atoms with Crippen molar-refractivity contribution in [3.63, 3.8) is 0 Å². The molecule has 0 heterocycles. The van der Waals surface area contributed by atoms with Gasteiger partial charge >= 0.3 is 0 Å². The highest BCUT2D eigenvalue weighted by Crippen LogP contribution is 2.24. The summed E-state index contributed by atoms with van der Waals surface area (Å²) in [7, 11) is 0. The van der Waals surface area contributed by atoms with Crippen LogP contribution in [0.3, 0.4) is 0 Å². The second-order valence-electron chi connectivity index (χ2n) is 5.88. The molecule has 2 aromatic rings. The number of hydrogen-bond donors (Lipinski definition) is 0. The molecule has 2 aromatic carbocycles. The van der Waals surface area contributed by atoms with Gasteiger partial charge in [-0.25, -0.2) is 0 Å². The predicted octanol–water partition coefficient (Wildman–Crippen LogP) is 5.32. The van der Waals surface area contributed by atoms with Gasteiger partial charge in [0.05, 0.1) is 0 Å². The van der Waals surface area contributed by atoms with E-state index in [4.69, 9.17) is 0 Å². The number of rotatable bonds is 4. The van der Waals surface area contributed by atoms with Crippen LogP contribution in [0.25, 0.3) is 11.1 Å². The predicted molar refractivity (Wildman–Crippen MR) is 85.1 cm³/mol. The highest BCUT2D eigenvalue weighted by atomic mass is 16.1. The van der Waals surface area contributed by atoms with Crippen molar-refractivity contribution >= 4 is 5.78 Å². The summed E-state index contributed by atoms with van der Waals surface area (Å²) >= 11 is 0. The molecule has 0 saturated heterocycles. The highest BCUT2D eigenvalue weighted by molar-refractivity contribution is 5.98. The molecule has 2 rings (SSSR count). The van der Waals surface area contributed by atoms with Gasteiger partial charge in [0, 0.05) is 11.5 Å². The van der Waals surface area contributed by atoms with Crippen LogP contribution < -0.4 is 0 Å². The number of carbonyl (C=O) groups excluding carboxylic acids is 1. The Labute approximate surface area is 121 Å². The van der Waals surface area contributed by atoms with Gasteiger partial charge in [-0.05, 0) is 28.7 Å². The van der Waals surface area contributed by atoms with Crippen LogP contribution in [0.4, 0.5) is 0 Å². The summed E-state index contributed by atoms with van der Waals surface area (Å²) in [5, 5.41) is 0. The molecule has 0 unspecified atom stereocenters. The van der Waals surface area contributed by atoms with E-state index in [0.29, 0.717) is 5.92 Å². The second kappa shape index (κ2) is 6.04. The third-order valence-corrected chi connectivity index (χ3v) is 3.58. The van der Waals surface area contributed by atoms with Gasteiger partial charge in [0.1, 0.15) is 0 Å². The molecule has 1 heteroatoms. The quantitative estimate of drug-likeness (QED) is 0.685. The Bertz CT molecular complexity index is 591. The number of carbonyl (C=O) groups is 1. The highest BCUT2D eigenvalue weighted by Gasteiger charge is 2.11. The van der Waals surface area contributed by atoms with E-state index in [-0.39, 0.29) is 11.7 Å². The SMILES string of the molecule is CC(C)C(=O)c1cccc(-c2ccc(C(C)C)cc2)c1. The summed E-state index contributed by atoms with van der Waals surface area (Å²) < 4.78 is 0.